The monoisotopic (exact) mass is 216 g/mol. The van der Waals surface area contributed by atoms with E-state index in [9.17, 15) is 0 Å². The average molecular weight is 216 g/mol. The van der Waals surface area contributed by atoms with Gasteiger partial charge in [0.05, 0.1) is 16.5 Å². The topological polar surface area (TPSA) is 37.8 Å². The fourth-order valence-corrected chi connectivity index (χ4v) is 2.77. The van der Waals surface area contributed by atoms with Gasteiger partial charge in [0.2, 0.25) is 0 Å². The lowest BCUT2D eigenvalue weighted by Crippen LogP contribution is -2.28. The van der Waals surface area contributed by atoms with E-state index in [0.29, 0.717) is 13.1 Å². The molecule has 3 heteroatoms. The van der Waals surface area contributed by atoms with E-state index >= 15 is 0 Å². The summed E-state index contributed by atoms with van der Waals surface area (Å²) in [5.74, 6) is 0.174. The normalized spacial score (nSPS) is 32.6. The number of benzene rings is 1. The molecule has 80 valence electrons. The van der Waals surface area contributed by atoms with Gasteiger partial charge in [-0.1, -0.05) is 0 Å². The van der Waals surface area contributed by atoms with E-state index in [1.54, 1.807) is 0 Å². The summed E-state index contributed by atoms with van der Waals surface area (Å²) in [6, 6.07) is 0.444. The number of fused-ring (bicyclic) bond motifs is 6. The standard InChI is InChI=1S/C13H13N3/c1-2-16-13-5-11-9-3-8(6-14-7-9)10(11)4-12(13)15-1/h1-2,4-5,8-9,14H,3,6-7H2/t8-,9-/m0/s1/i1D,2D,4D,5D/hD. The van der Waals surface area contributed by atoms with Crippen molar-refractivity contribution in [3.8, 4) is 0 Å². The first-order valence-corrected chi connectivity index (χ1v) is 5.49. The molecule has 2 heterocycles. The first kappa shape index (κ1) is 5.23. The summed E-state index contributed by atoms with van der Waals surface area (Å²) < 4.78 is 39.8. The predicted molar refractivity (Wildman–Crippen MR) is 62.5 cm³/mol. The number of rotatable bonds is 0. The zero-order valence-corrected chi connectivity index (χ0v) is 8.62. The molecule has 1 aliphatic carbocycles. The van der Waals surface area contributed by atoms with Crippen LogP contribution in [0.25, 0.3) is 11.0 Å². The number of piperidine rings is 1. The summed E-state index contributed by atoms with van der Waals surface area (Å²) in [4.78, 5) is 7.99. The molecule has 2 aromatic rings. The van der Waals surface area contributed by atoms with E-state index in [4.69, 9.17) is 6.89 Å². The lowest BCUT2D eigenvalue weighted by Gasteiger charge is -2.19. The first-order valence-electron chi connectivity index (χ1n) is 7.93. The molecule has 1 aromatic heterocycles. The van der Waals surface area contributed by atoms with Crippen LogP contribution < -0.4 is 5.31 Å². The van der Waals surface area contributed by atoms with Crippen LogP contribution in [0.2, 0.25) is 1.41 Å². The number of hydrogen-bond donors (Lipinski definition) is 1. The van der Waals surface area contributed by atoms with Crippen LogP contribution >= 0.6 is 0 Å². The van der Waals surface area contributed by atoms with E-state index in [-0.39, 0.29) is 47.3 Å². The second-order valence-corrected chi connectivity index (χ2v) is 4.44. The molecule has 1 aliphatic heterocycles. The van der Waals surface area contributed by atoms with Gasteiger partial charge in [0.15, 0.2) is 0 Å². The third-order valence-electron chi connectivity index (χ3n) is 3.49. The maximum atomic E-state index is 8.39. The maximum absolute atomic E-state index is 8.39. The van der Waals surface area contributed by atoms with E-state index in [0.717, 1.165) is 17.5 Å². The maximum Gasteiger partial charge on any atom is 0.122 e. The molecule has 0 spiro atoms. The fourth-order valence-electron chi connectivity index (χ4n) is 2.77. The minimum Gasteiger partial charge on any atom is -0.316 e. The van der Waals surface area contributed by atoms with Gasteiger partial charge < -0.3 is 5.31 Å². The van der Waals surface area contributed by atoms with Gasteiger partial charge in [0.1, 0.15) is 1.41 Å². The van der Waals surface area contributed by atoms with Crippen molar-refractivity contribution in [2.45, 2.75) is 18.3 Å². The van der Waals surface area contributed by atoms with Crippen molar-refractivity contribution in [1.29, 1.82) is 0 Å². The smallest absolute Gasteiger partial charge is 0.122 e. The highest BCUT2D eigenvalue weighted by Crippen LogP contribution is 2.44. The molecule has 2 bridgehead atoms. The Morgan fingerprint density at radius 3 is 2.25 bits per heavy atom. The largest absolute Gasteiger partial charge is 0.316 e. The van der Waals surface area contributed by atoms with Gasteiger partial charge in [0, 0.05) is 25.4 Å². The Hall–Kier alpha value is -1.48. The van der Waals surface area contributed by atoms with Crippen molar-refractivity contribution >= 4 is 11.0 Å². The Balaban J connectivity index is 2.09. The summed E-state index contributed by atoms with van der Waals surface area (Å²) in [6.07, 6.45) is 0.331. The fraction of sp³-hybridized carbons (Fsp3) is 0.385. The van der Waals surface area contributed by atoms with E-state index in [1.807, 2.05) is 0 Å². The van der Waals surface area contributed by atoms with Crippen molar-refractivity contribution in [3.05, 3.63) is 35.6 Å². The Labute approximate surface area is 101 Å². The third kappa shape index (κ3) is 1.06. The summed E-state index contributed by atoms with van der Waals surface area (Å²) in [6.45, 7) is 1.13. The van der Waals surface area contributed by atoms with Crippen molar-refractivity contribution in [3.63, 3.8) is 0 Å². The minimum absolute atomic E-state index is 0.0870. The van der Waals surface area contributed by atoms with Gasteiger partial charge in [-0.15, -0.1) is 0 Å². The predicted octanol–water partition coefficient (Wildman–Crippen LogP) is 1.80. The van der Waals surface area contributed by atoms with Gasteiger partial charge in [-0.2, -0.15) is 0 Å². The van der Waals surface area contributed by atoms with Crippen LogP contribution in [-0.2, 0) is 0 Å². The molecule has 0 amide bonds. The average Bonchev–Trinajstić information content (AvgIpc) is 2.70. The molecular weight excluding hydrogens is 198 g/mol. The van der Waals surface area contributed by atoms with Gasteiger partial charge in [-0.3, -0.25) is 9.97 Å². The SMILES string of the molecule is [2H]c1nc2c([2H])c3c(c([2H])c2nc1[2H])[C@H]1C[C@H]3CN([2H])C1. The summed E-state index contributed by atoms with van der Waals surface area (Å²) >= 11 is 0. The molecule has 1 aromatic carbocycles. The zero-order chi connectivity index (χ0) is 14.9. The van der Waals surface area contributed by atoms with Crippen LogP contribution in [-0.4, -0.2) is 23.1 Å². The van der Waals surface area contributed by atoms with Crippen LogP contribution in [0.15, 0.2) is 24.4 Å². The van der Waals surface area contributed by atoms with E-state index in [1.165, 1.54) is 5.31 Å². The van der Waals surface area contributed by atoms with Crippen molar-refractivity contribution < 1.29 is 6.89 Å². The Morgan fingerprint density at radius 1 is 1.12 bits per heavy atom. The molecule has 0 unspecified atom stereocenters. The summed E-state index contributed by atoms with van der Waals surface area (Å²) in [7, 11) is 0. The molecule has 16 heavy (non-hydrogen) atoms. The molecule has 1 N–H and O–H groups in total. The van der Waals surface area contributed by atoms with Crippen molar-refractivity contribution in [2.75, 3.05) is 13.1 Å². The van der Waals surface area contributed by atoms with Crippen LogP contribution in [0.5, 0.6) is 0 Å². The third-order valence-corrected chi connectivity index (χ3v) is 3.49. The van der Waals surface area contributed by atoms with Gasteiger partial charge in [-0.05, 0) is 41.5 Å². The first-order chi connectivity index (χ1) is 9.97. The van der Waals surface area contributed by atoms with Crippen LogP contribution in [0, 0.1) is 0 Å². The molecule has 1 saturated heterocycles. The molecule has 0 radical (unpaired) electrons. The Morgan fingerprint density at radius 2 is 1.69 bits per heavy atom. The molecule has 1 fully saturated rings. The van der Waals surface area contributed by atoms with Crippen molar-refractivity contribution in [1.82, 2.24) is 15.3 Å². The summed E-state index contributed by atoms with van der Waals surface area (Å²) in [5.41, 5.74) is 2.09. The highest BCUT2D eigenvalue weighted by Gasteiger charge is 2.34. The van der Waals surface area contributed by atoms with Crippen LogP contribution in [0.3, 0.4) is 0 Å². The molecule has 4 rings (SSSR count). The number of hydrogen-bond acceptors (Lipinski definition) is 3. The number of aromatic nitrogens is 2. The number of nitrogens with zero attached hydrogens (tertiary/aromatic N) is 2. The highest BCUT2D eigenvalue weighted by molar-refractivity contribution is 5.77. The quantitative estimate of drug-likeness (QED) is 0.729. The Kier molecular flexibility index (Phi) is 0.986. The zero-order valence-electron chi connectivity index (χ0n) is 13.6. The van der Waals surface area contributed by atoms with Crippen molar-refractivity contribution in [2.24, 2.45) is 0 Å². The number of nitrogens with one attached hydrogen (secondary N) is 1. The molecule has 3 nitrogen and oxygen atoms in total. The van der Waals surface area contributed by atoms with Gasteiger partial charge >= 0.3 is 0 Å². The minimum atomic E-state index is -0.265. The van der Waals surface area contributed by atoms with Gasteiger partial charge in [-0.25, -0.2) is 0 Å². The highest BCUT2D eigenvalue weighted by atomic mass is 14.9. The van der Waals surface area contributed by atoms with Crippen LogP contribution in [0.1, 0.15) is 34.9 Å². The lowest BCUT2D eigenvalue weighted by atomic mass is 9.98. The molecular formula is C13H13N3. The molecule has 2 aliphatic rings. The second-order valence-electron chi connectivity index (χ2n) is 4.44. The second kappa shape index (κ2) is 3.01. The van der Waals surface area contributed by atoms with Gasteiger partial charge in [0.25, 0.3) is 0 Å². The molecule has 0 saturated carbocycles. The molecule has 2 atom stereocenters. The van der Waals surface area contributed by atoms with Crippen LogP contribution in [0.4, 0.5) is 0 Å². The summed E-state index contributed by atoms with van der Waals surface area (Å²) in [5, 5.41) is 1.50. The Bertz CT molecular complexity index is 716. The van der Waals surface area contributed by atoms with E-state index < -0.39 is 0 Å². The van der Waals surface area contributed by atoms with E-state index in [2.05, 4.69) is 9.97 Å². The lowest BCUT2D eigenvalue weighted by molar-refractivity contribution is 0.454.